The molecule has 3 aromatic rings. The van der Waals surface area contributed by atoms with E-state index in [1.807, 2.05) is 42.7 Å². The third-order valence-corrected chi connectivity index (χ3v) is 6.17. The van der Waals surface area contributed by atoms with Crippen molar-refractivity contribution < 1.29 is 9.53 Å². The molecule has 0 fully saturated rings. The molecule has 0 saturated heterocycles. The molecule has 0 bridgehead atoms. The molecule has 3 nitrogen and oxygen atoms in total. The van der Waals surface area contributed by atoms with Crippen molar-refractivity contribution in [3.63, 3.8) is 0 Å². The third-order valence-electron chi connectivity index (χ3n) is 4.31. The van der Waals surface area contributed by atoms with Gasteiger partial charge in [0.2, 0.25) is 0 Å². The predicted octanol–water partition coefficient (Wildman–Crippen LogP) is 6.27. The Hall–Kier alpha value is -2.37. The lowest BCUT2D eigenvalue weighted by atomic mass is 10.1. The number of carbonyl (C=O) groups is 1. The van der Waals surface area contributed by atoms with Crippen molar-refractivity contribution >= 4 is 35.1 Å². The van der Waals surface area contributed by atoms with Gasteiger partial charge in [-0.2, -0.15) is 0 Å². The first-order valence-corrected chi connectivity index (χ1v) is 11.1. The summed E-state index contributed by atoms with van der Waals surface area (Å²) in [5.41, 5.74) is 3.69. The summed E-state index contributed by atoms with van der Waals surface area (Å²) >= 11 is 3.34. The Morgan fingerprint density at radius 1 is 1.04 bits per heavy atom. The average Bonchev–Trinajstić information content (AvgIpc) is 2.73. The first-order chi connectivity index (χ1) is 13.6. The summed E-state index contributed by atoms with van der Waals surface area (Å²) in [4.78, 5) is 15.0. The summed E-state index contributed by atoms with van der Waals surface area (Å²) in [7, 11) is 1.66. The first-order valence-electron chi connectivity index (χ1n) is 8.91. The Kier molecular flexibility index (Phi) is 7.06. The quantitative estimate of drug-likeness (QED) is 0.467. The van der Waals surface area contributed by atoms with Gasteiger partial charge in [0.25, 0.3) is 5.91 Å². The van der Waals surface area contributed by atoms with E-state index in [1.54, 1.807) is 36.7 Å². The minimum absolute atomic E-state index is 0.120. The molecule has 1 amide bonds. The van der Waals surface area contributed by atoms with E-state index in [4.69, 9.17) is 4.74 Å². The number of methoxy groups -OCH3 is 1. The van der Waals surface area contributed by atoms with E-state index >= 15 is 0 Å². The van der Waals surface area contributed by atoms with Crippen LogP contribution in [0.25, 0.3) is 0 Å². The van der Waals surface area contributed by atoms with Gasteiger partial charge in [0.05, 0.1) is 12.8 Å². The van der Waals surface area contributed by atoms with Crippen LogP contribution in [0.4, 0.5) is 5.69 Å². The molecule has 144 valence electrons. The van der Waals surface area contributed by atoms with E-state index in [9.17, 15) is 4.79 Å². The number of carbonyl (C=O) groups excluding carboxylic acids is 1. The van der Waals surface area contributed by atoms with Gasteiger partial charge < -0.3 is 10.1 Å². The van der Waals surface area contributed by atoms with Gasteiger partial charge in [-0.05, 0) is 55.6 Å². The van der Waals surface area contributed by atoms with Crippen molar-refractivity contribution in [2.75, 3.05) is 18.7 Å². The molecule has 0 heterocycles. The molecular weight excluding hydrogens is 386 g/mol. The van der Waals surface area contributed by atoms with Gasteiger partial charge in [0, 0.05) is 26.7 Å². The molecule has 0 aliphatic carbocycles. The smallest absolute Gasteiger partial charge is 0.255 e. The number of rotatable bonds is 7. The lowest BCUT2D eigenvalue weighted by Gasteiger charge is -2.12. The summed E-state index contributed by atoms with van der Waals surface area (Å²) in [6.45, 7) is 2.08. The van der Waals surface area contributed by atoms with Crippen LogP contribution in [-0.2, 0) is 5.75 Å². The van der Waals surface area contributed by atoms with Crippen LogP contribution in [0.5, 0.6) is 5.75 Å². The molecule has 0 radical (unpaired) electrons. The second kappa shape index (κ2) is 9.71. The van der Waals surface area contributed by atoms with Crippen LogP contribution in [0.15, 0.2) is 76.5 Å². The zero-order valence-electron chi connectivity index (χ0n) is 16.2. The van der Waals surface area contributed by atoms with Crippen molar-refractivity contribution in [3.05, 3.63) is 83.4 Å². The Balaban J connectivity index is 1.77. The van der Waals surface area contributed by atoms with Gasteiger partial charge in [0.1, 0.15) is 5.75 Å². The number of anilines is 1. The molecule has 0 aromatic heterocycles. The molecule has 5 heteroatoms. The minimum Gasteiger partial charge on any atom is -0.496 e. The predicted molar refractivity (Wildman–Crippen MR) is 120 cm³/mol. The standard InChI is InChI=1S/C23H23NO2S2/c1-16-8-11-19(12-9-16)28-15-18-14-17(10-13-21(18)26-2)23(25)24-20-6-4-5-7-22(20)27-3/h4-14H,15H2,1-3H3,(H,24,25). The lowest BCUT2D eigenvalue weighted by Crippen LogP contribution is -2.13. The topological polar surface area (TPSA) is 38.3 Å². The van der Waals surface area contributed by atoms with Gasteiger partial charge >= 0.3 is 0 Å². The fourth-order valence-corrected chi connectivity index (χ4v) is 4.20. The molecule has 0 spiro atoms. The Morgan fingerprint density at radius 3 is 2.50 bits per heavy atom. The number of hydrogen-bond donors (Lipinski definition) is 1. The molecule has 28 heavy (non-hydrogen) atoms. The number of hydrogen-bond acceptors (Lipinski definition) is 4. The van der Waals surface area contributed by atoms with Crippen LogP contribution in [0, 0.1) is 6.92 Å². The van der Waals surface area contributed by atoms with E-state index in [1.165, 1.54) is 10.5 Å². The fourth-order valence-electron chi connectivity index (χ4n) is 2.77. The SMILES string of the molecule is COc1ccc(C(=O)Nc2ccccc2SC)cc1CSc1ccc(C)cc1. The number of thioether (sulfide) groups is 2. The normalized spacial score (nSPS) is 10.5. The highest BCUT2D eigenvalue weighted by Crippen LogP contribution is 2.30. The van der Waals surface area contributed by atoms with E-state index in [-0.39, 0.29) is 5.91 Å². The van der Waals surface area contributed by atoms with Crippen molar-refractivity contribution in [1.29, 1.82) is 0 Å². The minimum atomic E-state index is -0.120. The number of ether oxygens (including phenoxy) is 1. The summed E-state index contributed by atoms with van der Waals surface area (Å²) in [6.07, 6.45) is 2.00. The summed E-state index contributed by atoms with van der Waals surface area (Å²) in [5.74, 6) is 1.40. The van der Waals surface area contributed by atoms with Gasteiger partial charge in [0.15, 0.2) is 0 Å². The zero-order chi connectivity index (χ0) is 19.9. The third kappa shape index (κ3) is 5.12. The molecule has 3 rings (SSSR count). The highest BCUT2D eigenvalue weighted by molar-refractivity contribution is 7.98. The highest BCUT2D eigenvalue weighted by Gasteiger charge is 2.12. The highest BCUT2D eigenvalue weighted by atomic mass is 32.2. The van der Waals surface area contributed by atoms with E-state index in [0.29, 0.717) is 5.56 Å². The average molecular weight is 410 g/mol. The maximum atomic E-state index is 12.8. The number of amides is 1. The molecule has 0 aliphatic heterocycles. The Morgan fingerprint density at radius 2 is 1.79 bits per heavy atom. The van der Waals surface area contributed by atoms with Gasteiger partial charge in [-0.15, -0.1) is 23.5 Å². The summed E-state index contributed by atoms with van der Waals surface area (Å²) < 4.78 is 5.49. The van der Waals surface area contributed by atoms with Crippen molar-refractivity contribution in [2.24, 2.45) is 0 Å². The first kappa shape index (κ1) is 20.4. The largest absolute Gasteiger partial charge is 0.496 e. The molecular formula is C23H23NO2S2. The van der Waals surface area contributed by atoms with E-state index < -0.39 is 0 Å². The van der Waals surface area contributed by atoms with Crippen molar-refractivity contribution in [2.45, 2.75) is 22.5 Å². The van der Waals surface area contributed by atoms with Crippen molar-refractivity contribution in [3.8, 4) is 5.75 Å². The van der Waals surface area contributed by atoms with Gasteiger partial charge in [-0.25, -0.2) is 0 Å². The number of aryl methyl sites for hydroxylation is 1. The molecule has 0 saturated carbocycles. The Labute approximate surface area is 174 Å². The van der Waals surface area contributed by atoms with Gasteiger partial charge in [-0.1, -0.05) is 29.8 Å². The lowest BCUT2D eigenvalue weighted by molar-refractivity contribution is 0.102. The summed E-state index contributed by atoms with van der Waals surface area (Å²) in [6, 6.07) is 21.8. The molecule has 0 atom stereocenters. The maximum Gasteiger partial charge on any atom is 0.255 e. The maximum absolute atomic E-state index is 12.8. The molecule has 3 aromatic carbocycles. The van der Waals surface area contributed by atoms with E-state index in [2.05, 4.69) is 36.5 Å². The van der Waals surface area contributed by atoms with Gasteiger partial charge in [-0.3, -0.25) is 4.79 Å². The fraction of sp³-hybridized carbons (Fsp3) is 0.174. The molecule has 0 aliphatic rings. The molecule has 0 unspecified atom stereocenters. The zero-order valence-corrected chi connectivity index (χ0v) is 17.8. The monoisotopic (exact) mass is 409 g/mol. The van der Waals surface area contributed by atoms with Crippen LogP contribution in [0.3, 0.4) is 0 Å². The Bertz CT molecular complexity index is 955. The van der Waals surface area contributed by atoms with E-state index in [0.717, 1.165) is 27.6 Å². The number of para-hydroxylation sites is 1. The van der Waals surface area contributed by atoms with Crippen LogP contribution >= 0.6 is 23.5 Å². The second-order valence-corrected chi connectivity index (χ2v) is 8.18. The number of nitrogens with one attached hydrogen (secondary N) is 1. The second-order valence-electron chi connectivity index (χ2n) is 6.28. The van der Waals surface area contributed by atoms with Crippen LogP contribution in [0.2, 0.25) is 0 Å². The number of benzene rings is 3. The molecule has 1 N–H and O–H groups in total. The van der Waals surface area contributed by atoms with Crippen LogP contribution < -0.4 is 10.1 Å². The summed E-state index contributed by atoms with van der Waals surface area (Å²) in [5, 5.41) is 3.02. The van der Waals surface area contributed by atoms with Crippen molar-refractivity contribution in [1.82, 2.24) is 0 Å². The van der Waals surface area contributed by atoms with Crippen LogP contribution in [0.1, 0.15) is 21.5 Å². The van der Waals surface area contributed by atoms with Crippen LogP contribution in [-0.4, -0.2) is 19.3 Å².